The van der Waals surface area contributed by atoms with Crippen LogP contribution in [-0.2, 0) is 14.4 Å². The van der Waals surface area contributed by atoms with Gasteiger partial charge >= 0.3 is 5.97 Å². The normalized spacial score (nSPS) is 15.8. The van der Waals surface area contributed by atoms with Gasteiger partial charge in [0, 0.05) is 18.9 Å². The first-order valence-corrected chi connectivity index (χ1v) is 6.34. The topological polar surface area (TPSA) is 95.5 Å². The number of rotatable bonds is 8. The fourth-order valence-electron chi connectivity index (χ4n) is 1.56. The lowest BCUT2D eigenvalue weighted by Crippen LogP contribution is -2.40. The van der Waals surface area contributed by atoms with E-state index in [1.807, 2.05) is 0 Å². The quantitative estimate of drug-likeness (QED) is 0.543. The molecule has 0 heterocycles. The molecule has 18 heavy (non-hydrogen) atoms. The number of carboxylic acid groups (broad SMARTS) is 1. The van der Waals surface area contributed by atoms with Crippen molar-refractivity contribution in [3.8, 4) is 0 Å². The summed E-state index contributed by atoms with van der Waals surface area (Å²) in [6.45, 7) is 2.17. The monoisotopic (exact) mass is 256 g/mol. The Morgan fingerprint density at radius 1 is 1.33 bits per heavy atom. The Hall–Kier alpha value is -1.59. The van der Waals surface area contributed by atoms with Gasteiger partial charge in [0.2, 0.25) is 11.8 Å². The fraction of sp³-hybridized carbons (Fsp3) is 0.750. The van der Waals surface area contributed by atoms with Crippen molar-refractivity contribution in [2.24, 2.45) is 5.92 Å². The van der Waals surface area contributed by atoms with Gasteiger partial charge < -0.3 is 15.7 Å². The lowest BCUT2D eigenvalue weighted by atomic mass is 10.2. The number of carbonyl (C=O) groups excluding carboxylic acids is 2. The van der Waals surface area contributed by atoms with E-state index in [1.165, 1.54) is 0 Å². The molecule has 1 fully saturated rings. The molecule has 0 radical (unpaired) electrons. The predicted molar refractivity (Wildman–Crippen MR) is 64.8 cm³/mol. The molecule has 1 saturated carbocycles. The van der Waals surface area contributed by atoms with Crippen molar-refractivity contribution in [1.82, 2.24) is 10.6 Å². The first kappa shape index (κ1) is 14.5. The van der Waals surface area contributed by atoms with Crippen LogP contribution in [0.4, 0.5) is 0 Å². The van der Waals surface area contributed by atoms with E-state index in [1.54, 1.807) is 6.92 Å². The van der Waals surface area contributed by atoms with E-state index in [2.05, 4.69) is 10.6 Å². The van der Waals surface area contributed by atoms with Crippen molar-refractivity contribution >= 4 is 17.8 Å². The molecule has 1 aliphatic rings. The van der Waals surface area contributed by atoms with Gasteiger partial charge in [-0.1, -0.05) is 6.92 Å². The summed E-state index contributed by atoms with van der Waals surface area (Å²) in [4.78, 5) is 33.4. The zero-order valence-electron chi connectivity index (χ0n) is 10.6. The smallest absolute Gasteiger partial charge is 0.326 e. The third kappa shape index (κ3) is 5.16. The Morgan fingerprint density at radius 3 is 2.50 bits per heavy atom. The van der Waals surface area contributed by atoms with Crippen LogP contribution in [0.25, 0.3) is 0 Å². The zero-order chi connectivity index (χ0) is 13.5. The van der Waals surface area contributed by atoms with E-state index in [4.69, 9.17) is 5.11 Å². The average Bonchev–Trinajstić information content (AvgIpc) is 3.14. The minimum atomic E-state index is -1.02. The Balaban J connectivity index is 2.08. The van der Waals surface area contributed by atoms with Crippen LogP contribution in [0, 0.1) is 5.92 Å². The molecule has 6 nitrogen and oxygen atoms in total. The van der Waals surface area contributed by atoms with Crippen LogP contribution in [0.15, 0.2) is 0 Å². The second kappa shape index (κ2) is 6.98. The number of nitrogens with one attached hydrogen (secondary N) is 2. The standard InChI is InChI=1S/C12H20N2O4/c1-2-9(12(17)18)14-10(15)4-3-7-13-11(16)8-5-6-8/h8-9H,2-7H2,1H3,(H,13,16)(H,14,15)(H,17,18). The maximum Gasteiger partial charge on any atom is 0.326 e. The molecule has 0 aliphatic heterocycles. The van der Waals surface area contributed by atoms with Gasteiger partial charge in [0.25, 0.3) is 0 Å². The minimum absolute atomic E-state index is 0.0624. The van der Waals surface area contributed by atoms with Gasteiger partial charge in [-0.15, -0.1) is 0 Å². The summed E-state index contributed by atoms with van der Waals surface area (Å²) in [6.07, 6.45) is 3.04. The van der Waals surface area contributed by atoms with Gasteiger partial charge in [-0.25, -0.2) is 4.79 Å². The van der Waals surface area contributed by atoms with Gasteiger partial charge in [-0.05, 0) is 25.7 Å². The van der Waals surface area contributed by atoms with E-state index in [9.17, 15) is 14.4 Å². The summed E-state index contributed by atoms with van der Waals surface area (Å²) in [5.74, 6) is -1.07. The summed E-state index contributed by atoms with van der Waals surface area (Å²) in [6, 6.07) is -0.821. The maximum absolute atomic E-state index is 11.4. The predicted octanol–water partition coefficient (Wildman–Crippen LogP) is 0.272. The molecule has 1 aliphatic carbocycles. The summed E-state index contributed by atoms with van der Waals surface area (Å²) < 4.78 is 0. The summed E-state index contributed by atoms with van der Waals surface area (Å²) in [5.41, 5.74) is 0. The van der Waals surface area contributed by atoms with E-state index < -0.39 is 12.0 Å². The highest BCUT2D eigenvalue weighted by molar-refractivity contribution is 5.83. The van der Waals surface area contributed by atoms with Gasteiger partial charge in [-0.3, -0.25) is 9.59 Å². The SMILES string of the molecule is CCC(NC(=O)CCCNC(=O)C1CC1)C(=O)O. The number of carbonyl (C=O) groups is 3. The number of carboxylic acids is 1. The molecule has 1 rings (SSSR count). The molecule has 1 unspecified atom stereocenters. The van der Waals surface area contributed by atoms with Crippen molar-refractivity contribution in [2.45, 2.75) is 45.1 Å². The molecule has 0 bridgehead atoms. The maximum atomic E-state index is 11.4. The molecule has 6 heteroatoms. The van der Waals surface area contributed by atoms with Gasteiger partial charge in [0.15, 0.2) is 0 Å². The first-order chi connectivity index (χ1) is 8.54. The Bertz CT molecular complexity index is 326. The van der Waals surface area contributed by atoms with Crippen molar-refractivity contribution in [3.05, 3.63) is 0 Å². The van der Waals surface area contributed by atoms with Crippen LogP contribution in [-0.4, -0.2) is 35.5 Å². The Labute approximate surface area is 106 Å². The molecule has 0 saturated heterocycles. The number of hydrogen-bond acceptors (Lipinski definition) is 3. The van der Waals surface area contributed by atoms with Crippen molar-refractivity contribution in [3.63, 3.8) is 0 Å². The second-order valence-corrected chi connectivity index (χ2v) is 4.54. The highest BCUT2D eigenvalue weighted by atomic mass is 16.4. The van der Waals surface area contributed by atoms with Gasteiger partial charge in [0.1, 0.15) is 6.04 Å². The lowest BCUT2D eigenvalue weighted by molar-refractivity contribution is -0.141. The summed E-state index contributed by atoms with van der Waals surface area (Å²) in [5, 5.41) is 14.0. The van der Waals surface area contributed by atoms with E-state index >= 15 is 0 Å². The van der Waals surface area contributed by atoms with E-state index in [-0.39, 0.29) is 24.2 Å². The van der Waals surface area contributed by atoms with Crippen molar-refractivity contribution < 1.29 is 19.5 Å². The van der Waals surface area contributed by atoms with Crippen molar-refractivity contribution in [1.29, 1.82) is 0 Å². The molecule has 102 valence electrons. The molecule has 0 spiro atoms. The molecule has 0 aromatic heterocycles. The van der Waals surface area contributed by atoms with Crippen molar-refractivity contribution in [2.75, 3.05) is 6.54 Å². The van der Waals surface area contributed by atoms with Gasteiger partial charge in [0.05, 0.1) is 0 Å². The molecule has 2 amide bonds. The number of amides is 2. The Kier molecular flexibility index (Phi) is 5.61. The zero-order valence-corrected chi connectivity index (χ0v) is 10.6. The highest BCUT2D eigenvalue weighted by Crippen LogP contribution is 2.28. The summed E-state index contributed by atoms with van der Waals surface area (Å²) >= 11 is 0. The van der Waals surface area contributed by atoms with Crippen LogP contribution in [0.3, 0.4) is 0 Å². The third-order valence-corrected chi connectivity index (χ3v) is 2.87. The van der Waals surface area contributed by atoms with Crippen LogP contribution in [0.1, 0.15) is 39.0 Å². The largest absolute Gasteiger partial charge is 0.480 e. The van der Waals surface area contributed by atoms with E-state index in [0.29, 0.717) is 19.4 Å². The molecule has 0 aromatic carbocycles. The molecular formula is C12H20N2O4. The second-order valence-electron chi connectivity index (χ2n) is 4.54. The van der Waals surface area contributed by atoms with Crippen LogP contribution < -0.4 is 10.6 Å². The van der Waals surface area contributed by atoms with Crippen LogP contribution in [0.2, 0.25) is 0 Å². The molecule has 0 aromatic rings. The third-order valence-electron chi connectivity index (χ3n) is 2.87. The van der Waals surface area contributed by atoms with E-state index in [0.717, 1.165) is 12.8 Å². The fourth-order valence-corrected chi connectivity index (χ4v) is 1.56. The molecule has 1 atom stereocenters. The number of aliphatic carboxylic acids is 1. The Morgan fingerprint density at radius 2 is 2.00 bits per heavy atom. The minimum Gasteiger partial charge on any atom is -0.480 e. The average molecular weight is 256 g/mol. The first-order valence-electron chi connectivity index (χ1n) is 6.34. The van der Waals surface area contributed by atoms with Crippen LogP contribution in [0.5, 0.6) is 0 Å². The molecular weight excluding hydrogens is 236 g/mol. The van der Waals surface area contributed by atoms with Gasteiger partial charge in [-0.2, -0.15) is 0 Å². The highest BCUT2D eigenvalue weighted by Gasteiger charge is 2.29. The lowest BCUT2D eigenvalue weighted by Gasteiger charge is -2.12. The number of hydrogen-bond donors (Lipinski definition) is 3. The van der Waals surface area contributed by atoms with Crippen LogP contribution >= 0.6 is 0 Å². The molecule has 3 N–H and O–H groups in total. The summed E-state index contributed by atoms with van der Waals surface area (Å²) in [7, 11) is 0.